The lowest BCUT2D eigenvalue weighted by Crippen LogP contribution is -2.29. The highest BCUT2D eigenvalue weighted by Crippen LogP contribution is 2.27. The predicted octanol–water partition coefficient (Wildman–Crippen LogP) is 2.76. The van der Waals surface area contributed by atoms with Crippen LogP contribution in [0.1, 0.15) is 6.92 Å². The van der Waals surface area contributed by atoms with E-state index in [1.807, 2.05) is 22.6 Å². The minimum absolute atomic E-state index is 0.0673. The van der Waals surface area contributed by atoms with Gasteiger partial charge in [0.1, 0.15) is 17.5 Å². The zero-order valence-corrected chi connectivity index (χ0v) is 18.0. The van der Waals surface area contributed by atoms with E-state index in [2.05, 4.69) is 10.3 Å². The van der Waals surface area contributed by atoms with Crippen LogP contribution >= 0.6 is 45.5 Å². The molecule has 2 heterocycles. The van der Waals surface area contributed by atoms with E-state index in [-0.39, 0.29) is 23.3 Å². The third kappa shape index (κ3) is 3.85. The summed E-state index contributed by atoms with van der Waals surface area (Å²) >= 11 is 3.46. The van der Waals surface area contributed by atoms with Gasteiger partial charge in [0.2, 0.25) is 5.82 Å². The zero-order valence-electron chi connectivity index (χ0n) is 13.7. The Kier molecular flexibility index (Phi) is 5.81. The van der Waals surface area contributed by atoms with E-state index >= 15 is 0 Å². The van der Waals surface area contributed by atoms with Crippen LogP contribution in [-0.4, -0.2) is 23.5 Å². The summed E-state index contributed by atoms with van der Waals surface area (Å²) in [6, 6.07) is 4.20. The van der Waals surface area contributed by atoms with Crippen LogP contribution in [0.15, 0.2) is 34.1 Å². The molecule has 0 amide bonds. The first-order valence-electron chi connectivity index (χ1n) is 7.60. The number of aliphatic hydroxyl groups is 1. The van der Waals surface area contributed by atoms with Crippen LogP contribution < -0.4 is 16.4 Å². The van der Waals surface area contributed by atoms with E-state index in [9.17, 15) is 23.5 Å². The summed E-state index contributed by atoms with van der Waals surface area (Å²) in [5.74, 6) is -1.90. The van der Waals surface area contributed by atoms with Gasteiger partial charge in [-0.2, -0.15) is 4.39 Å². The summed E-state index contributed by atoms with van der Waals surface area (Å²) in [6.07, 6.45) is 0.321. The van der Waals surface area contributed by atoms with E-state index in [4.69, 9.17) is 0 Å². The van der Waals surface area contributed by atoms with Crippen molar-refractivity contribution in [1.82, 2.24) is 12.3 Å². The first kappa shape index (κ1) is 20.1. The molecule has 2 N–H and O–H groups in total. The van der Waals surface area contributed by atoms with Crippen LogP contribution in [0.2, 0.25) is 0 Å². The van der Waals surface area contributed by atoms with E-state index < -0.39 is 34.5 Å². The molecular formula is C16H12F2I2N4O3. The molecule has 0 aliphatic carbocycles. The molecule has 0 fully saturated rings. The molecule has 0 radical (unpaired) electrons. The monoisotopic (exact) mass is 600 g/mol. The molecule has 0 aliphatic rings. The number of anilines is 2. The van der Waals surface area contributed by atoms with Crippen molar-refractivity contribution in [3.8, 4) is 0 Å². The van der Waals surface area contributed by atoms with Crippen molar-refractivity contribution in [3.63, 3.8) is 0 Å². The molecule has 0 saturated carbocycles. The molecule has 0 aliphatic heterocycles. The van der Waals surface area contributed by atoms with Crippen molar-refractivity contribution in [2.75, 3.05) is 5.32 Å². The number of aromatic nitrogens is 3. The molecule has 0 spiro atoms. The Labute approximate surface area is 178 Å². The standard InChI is InChI=1S/C16H12F2I2N4O3/c1-7(25)5-23-6-21-14-11(15(23)26)13(12(18)16(27)24(14)20)22-10-3-2-8(19)4-9(10)17/h2-4,6-7,22,25H,5H2,1H3. The number of rotatable bonds is 4. The van der Waals surface area contributed by atoms with Crippen molar-refractivity contribution < 1.29 is 13.9 Å². The normalized spacial score (nSPS) is 12.4. The number of pyridine rings is 1. The van der Waals surface area contributed by atoms with Gasteiger partial charge in [0.15, 0.2) is 5.65 Å². The molecule has 7 nitrogen and oxygen atoms in total. The summed E-state index contributed by atoms with van der Waals surface area (Å²) in [5.41, 5.74) is -2.30. The Morgan fingerprint density at radius 1 is 1.30 bits per heavy atom. The zero-order chi connectivity index (χ0) is 19.9. The molecule has 2 aromatic heterocycles. The lowest BCUT2D eigenvalue weighted by atomic mass is 10.2. The van der Waals surface area contributed by atoms with E-state index in [1.165, 1.54) is 25.4 Å². The number of hydrogen-bond donors (Lipinski definition) is 2. The summed E-state index contributed by atoms with van der Waals surface area (Å²) in [7, 11) is 0. The molecule has 0 bridgehead atoms. The first-order chi connectivity index (χ1) is 12.7. The smallest absolute Gasteiger partial charge is 0.299 e. The number of benzene rings is 1. The fraction of sp³-hybridized carbons (Fsp3) is 0.188. The average molecular weight is 600 g/mol. The van der Waals surface area contributed by atoms with Gasteiger partial charge in [0.25, 0.3) is 11.1 Å². The highest BCUT2D eigenvalue weighted by atomic mass is 127. The van der Waals surface area contributed by atoms with Gasteiger partial charge in [-0.15, -0.1) is 0 Å². The third-order valence-corrected chi connectivity index (χ3v) is 5.26. The van der Waals surface area contributed by atoms with Gasteiger partial charge in [-0.3, -0.25) is 14.2 Å². The van der Waals surface area contributed by atoms with Crippen LogP contribution in [0.4, 0.5) is 20.2 Å². The van der Waals surface area contributed by atoms with Crippen molar-refractivity contribution in [2.24, 2.45) is 0 Å². The Hall–Kier alpha value is -1.61. The van der Waals surface area contributed by atoms with Crippen molar-refractivity contribution in [2.45, 2.75) is 19.6 Å². The van der Waals surface area contributed by atoms with Crippen LogP contribution in [0.5, 0.6) is 0 Å². The third-order valence-electron chi connectivity index (χ3n) is 3.69. The largest absolute Gasteiger partial charge is 0.392 e. The fourth-order valence-corrected chi connectivity index (χ4v) is 3.54. The molecule has 142 valence electrons. The SMILES string of the molecule is CC(O)Cn1cnc2c(c(Nc3ccc(I)cc3F)c(F)c(=O)n2I)c1=O. The summed E-state index contributed by atoms with van der Waals surface area (Å²) in [4.78, 5) is 29.0. The molecule has 3 aromatic rings. The van der Waals surface area contributed by atoms with Gasteiger partial charge < -0.3 is 10.4 Å². The lowest BCUT2D eigenvalue weighted by molar-refractivity contribution is 0.172. The van der Waals surface area contributed by atoms with Gasteiger partial charge >= 0.3 is 0 Å². The van der Waals surface area contributed by atoms with Crippen molar-refractivity contribution in [3.05, 3.63) is 60.4 Å². The fourth-order valence-electron chi connectivity index (χ4n) is 2.50. The van der Waals surface area contributed by atoms with E-state index in [0.717, 1.165) is 7.35 Å². The molecule has 1 unspecified atom stereocenters. The maximum Gasteiger partial charge on any atom is 0.299 e. The van der Waals surface area contributed by atoms with Crippen molar-refractivity contribution >= 4 is 67.9 Å². The predicted molar refractivity (Wildman–Crippen MR) is 114 cm³/mol. The topological polar surface area (TPSA) is 89.2 Å². The molecule has 0 saturated heterocycles. The van der Waals surface area contributed by atoms with Crippen LogP contribution in [0, 0.1) is 15.2 Å². The van der Waals surface area contributed by atoms with Crippen LogP contribution in [-0.2, 0) is 6.54 Å². The number of aliphatic hydroxyl groups excluding tert-OH is 1. The Morgan fingerprint density at radius 2 is 2.00 bits per heavy atom. The number of fused-ring (bicyclic) bond motifs is 1. The number of hydrogen-bond acceptors (Lipinski definition) is 5. The van der Waals surface area contributed by atoms with Crippen molar-refractivity contribution in [1.29, 1.82) is 0 Å². The second-order valence-electron chi connectivity index (χ2n) is 5.77. The Morgan fingerprint density at radius 3 is 2.63 bits per heavy atom. The van der Waals surface area contributed by atoms with Gasteiger partial charge in [-0.1, -0.05) is 0 Å². The second kappa shape index (κ2) is 7.79. The average Bonchev–Trinajstić information content (AvgIpc) is 2.60. The molecule has 27 heavy (non-hydrogen) atoms. The Balaban J connectivity index is 2.32. The quantitative estimate of drug-likeness (QED) is 0.451. The molecular weight excluding hydrogens is 588 g/mol. The minimum Gasteiger partial charge on any atom is -0.392 e. The Bertz CT molecular complexity index is 1160. The lowest BCUT2D eigenvalue weighted by Gasteiger charge is -2.14. The summed E-state index contributed by atoms with van der Waals surface area (Å²) in [6.45, 7) is 1.41. The van der Waals surface area contributed by atoms with Crippen LogP contribution in [0.3, 0.4) is 0 Å². The number of halogens is 4. The minimum atomic E-state index is -1.23. The molecule has 1 atom stereocenters. The van der Waals surface area contributed by atoms with Gasteiger partial charge in [-0.25, -0.2) is 12.2 Å². The number of nitrogens with zero attached hydrogens (tertiary/aromatic N) is 3. The maximum absolute atomic E-state index is 14.7. The maximum atomic E-state index is 14.7. The second-order valence-corrected chi connectivity index (χ2v) is 7.98. The summed E-state index contributed by atoms with van der Waals surface area (Å²) in [5, 5.41) is 11.8. The molecule has 11 heteroatoms. The number of nitrogens with one attached hydrogen (secondary N) is 1. The van der Waals surface area contributed by atoms with E-state index in [1.54, 1.807) is 28.9 Å². The highest BCUT2D eigenvalue weighted by Gasteiger charge is 2.22. The van der Waals surface area contributed by atoms with Gasteiger partial charge in [0, 0.05) is 3.57 Å². The van der Waals surface area contributed by atoms with Gasteiger partial charge in [0.05, 0.1) is 46.9 Å². The van der Waals surface area contributed by atoms with Crippen LogP contribution in [0.25, 0.3) is 11.0 Å². The first-order valence-corrected chi connectivity index (χ1v) is 9.65. The summed E-state index contributed by atoms with van der Waals surface area (Å²) < 4.78 is 31.5. The van der Waals surface area contributed by atoms with E-state index in [0.29, 0.717) is 3.57 Å². The molecule has 1 aromatic carbocycles. The van der Waals surface area contributed by atoms with Gasteiger partial charge in [-0.05, 0) is 47.7 Å². The highest BCUT2D eigenvalue weighted by molar-refractivity contribution is 14.1. The molecule has 3 rings (SSSR count).